The van der Waals surface area contributed by atoms with Crippen LogP contribution in [0.4, 0.5) is 0 Å². The van der Waals surface area contributed by atoms with Crippen molar-refractivity contribution < 1.29 is 8.42 Å². The summed E-state index contributed by atoms with van der Waals surface area (Å²) in [6.07, 6.45) is 3.71. The Morgan fingerprint density at radius 1 is 1.56 bits per heavy atom. The van der Waals surface area contributed by atoms with Crippen LogP contribution in [0.3, 0.4) is 0 Å². The van der Waals surface area contributed by atoms with Crippen molar-refractivity contribution in [1.82, 2.24) is 15.1 Å². The molecule has 7 heteroatoms. The number of sulfone groups is 1. The fourth-order valence-electron chi connectivity index (χ4n) is 1.91. The molecule has 0 fully saturated rings. The highest BCUT2D eigenvalue weighted by atomic mass is 35.5. The fraction of sp³-hybridized carbons (Fsp3) is 0.727. The van der Waals surface area contributed by atoms with Crippen LogP contribution in [0.25, 0.3) is 0 Å². The van der Waals surface area contributed by atoms with E-state index in [9.17, 15) is 8.42 Å². The molecule has 5 nitrogen and oxygen atoms in total. The van der Waals surface area contributed by atoms with Gasteiger partial charge in [-0.3, -0.25) is 4.68 Å². The van der Waals surface area contributed by atoms with E-state index >= 15 is 0 Å². The molecule has 1 aromatic heterocycles. The van der Waals surface area contributed by atoms with Crippen LogP contribution >= 0.6 is 11.6 Å². The summed E-state index contributed by atoms with van der Waals surface area (Å²) in [6, 6.07) is -0.360. The third-order valence-electron chi connectivity index (χ3n) is 3.02. The first-order valence-corrected chi connectivity index (χ1v) is 8.23. The number of aryl methyl sites for hydroxylation is 1. The van der Waals surface area contributed by atoms with Crippen LogP contribution in [-0.2, 0) is 16.4 Å². The summed E-state index contributed by atoms with van der Waals surface area (Å²) in [5, 5.41) is 7.15. The molecule has 0 aliphatic carbocycles. The van der Waals surface area contributed by atoms with Gasteiger partial charge in [0.1, 0.15) is 0 Å². The van der Waals surface area contributed by atoms with Crippen LogP contribution in [0.2, 0.25) is 5.02 Å². The number of nitrogens with one attached hydrogen (secondary N) is 1. The average molecular weight is 294 g/mol. The molecule has 2 unspecified atom stereocenters. The first kappa shape index (κ1) is 15.5. The maximum absolute atomic E-state index is 11.7. The third kappa shape index (κ3) is 3.24. The lowest BCUT2D eigenvalue weighted by molar-refractivity contribution is 0.480. The summed E-state index contributed by atoms with van der Waals surface area (Å²) in [5.41, 5.74) is 0.735. The zero-order valence-corrected chi connectivity index (χ0v) is 12.7. The van der Waals surface area contributed by atoms with E-state index in [2.05, 4.69) is 10.4 Å². The molecule has 0 amide bonds. The summed E-state index contributed by atoms with van der Waals surface area (Å²) in [7, 11) is -1.42. The van der Waals surface area contributed by atoms with E-state index in [0.29, 0.717) is 5.02 Å². The largest absolute Gasteiger partial charge is 0.311 e. The summed E-state index contributed by atoms with van der Waals surface area (Å²) in [6.45, 7) is 4.43. The Bertz CT molecular complexity index is 498. The highest BCUT2D eigenvalue weighted by Gasteiger charge is 2.30. The molecule has 0 aliphatic heterocycles. The lowest BCUT2D eigenvalue weighted by Crippen LogP contribution is -2.34. The van der Waals surface area contributed by atoms with Crippen LogP contribution < -0.4 is 5.32 Å². The second kappa shape index (κ2) is 6.04. The number of rotatable bonds is 6. The Morgan fingerprint density at radius 3 is 2.61 bits per heavy atom. The van der Waals surface area contributed by atoms with Crippen LogP contribution in [0.1, 0.15) is 32.0 Å². The van der Waals surface area contributed by atoms with Gasteiger partial charge >= 0.3 is 0 Å². The number of hydrogen-bond donors (Lipinski definition) is 1. The van der Waals surface area contributed by atoms with Gasteiger partial charge in [-0.25, -0.2) is 8.42 Å². The highest BCUT2D eigenvalue weighted by molar-refractivity contribution is 7.91. The highest BCUT2D eigenvalue weighted by Crippen LogP contribution is 2.28. The van der Waals surface area contributed by atoms with E-state index in [4.69, 9.17) is 11.6 Å². The van der Waals surface area contributed by atoms with Crippen LogP contribution in [0.5, 0.6) is 0 Å². The molecular weight excluding hydrogens is 274 g/mol. The van der Waals surface area contributed by atoms with Crippen molar-refractivity contribution in [3.63, 3.8) is 0 Å². The Morgan fingerprint density at radius 2 is 2.17 bits per heavy atom. The Kier molecular flexibility index (Phi) is 5.19. The summed E-state index contributed by atoms with van der Waals surface area (Å²) in [4.78, 5) is 0. The second-order valence-electron chi connectivity index (χ2n) is 4.40. The second-order valence-corrected chi connectivity index (χ2v) is 7.21. The SMILES string of the molecule is CCCn1ncc(Cl)c1C(NC)C(C)S(C)(=O)=O. The normalized spacial score (nSPS) is 15.6. The molecule has 2 atom stereocenters. The maximum Gasteiger partial charge on any atom is 0.151 e. The van der Waals surface area contributed by atoms with Crippen LogP contribution in [-0.4, -0.2) is 36.8 Å². The van der Waals surface area contributed by atoms with Gasteiger partial charge in [0.05, 0.1) is 28.2 Å². The number of halogens is 1. The van der Waals surface area contributed by atoms with E-state index in [0.717, 1.165) is 18.7 Å². The lowest BCUT2D eigenvalue weighted by Gasteiger charge is -2.23. The Hall–Kier alpha value is -0.590. The standard InChI is InChI=1S/C11H20ClN3O2S/c1-5-6-15-11(9(12)7-14-15)10(13-3)8(2)18(4,16)17/h7-8,10,13H,5-6H2,1-4H3. The molecule has 1 rings (SSSR count). The van der Waals surface area contributed by atoms with Gasteiger partial charge in [0, 0.05) is 12.8 Å². The van der Waals surface area contributed by atoms with Gasteiger partial charge in [-0.1, -0.05) is 18.5 Å². The van der Waals surface area contributed by atoms with Crippen molar-refractivity contribution in [2.75, 3.05) is 13.3 Å². The Labute approximate surface area is 113 Å². The average Bonchev–Trinajstić information content (AvgIpc) is 2.62. The lowest BCUT2D eigenvalue weighted by atomic mass is 10.1. The van der Waals surface area contributed by atoms with E-state index in [1.54, 1.807) is 24.9 Å². The summed E-state index contributed by atoms with van der Waals surface area (Å²) >= 11 is 6.13. The molecule has 0 saturated carbocycles. The molecule has 1 N–H and O–H groups in total. The van der Waals surface area contributed by atoms with Gasteiger partial charge in [-0.15, -0.1) is 0 Å². The predicted octanol–water partition coefficient (Wildman–Crippen LogP) is 1.64. The minimum Gasteiger partial charge on any atom is -0.311 e. The molecule has 0 aliphatic rings. The topological polar surface area (TPSA) is 64.0 Å². The molecular formula is C11H20ClN3O2S. The maximum atomic E-state index is 11.7. The van der Waals surface area contributed by atoms with E-state index in [1.807, 2.05) is 6.92 Å². The van der Waals surface area contributed by atoms with Crippen molar-refractivity contribution in [3.05, 3.63) is 16.9 Å². The first-order valence-electron chi connectivity index (χ1n) is 5.90. The fourth-order valence-corrected chi connectivity index (χ4v) is 2.93. The van der Waals surface area contributed by atoms with Gasteiger partial charge < -0.3 is 5.32 Å². The summed E-state index contributed by atoms with van der Waals surface area (Å²) in [5.74, 6) is 0. The van der Waals surface area contributed by atoms with Gasteiger partial charge in [-0.05, 0) is 20.4 Å². The van der Waals surface area contributed by atoms with Crippen molar-refractivity contribution >= 4 is 21.4 Å². The van der Waals surface area contributed by atoms with Crippen molar-refractivity contribution in [1.29, 1.82) is 0 Å². The van der Waals surface area contributed by atoms with Crippen molar-refractivity contribution in [2.45, 2.75) is 38.1 Å². The molecule has 18 heavy (non-hydrogen) atoms. The number of nitrogens with zero attached hydrogens (tertiary/aromatic N) is 2. The quantitative estimate of drug-likeness (QED) is 0.866. The molecule has 0 saturated heterocycles. The third-order valence-corrected chi connectivity index (χ3v) is 4.93. The van der Waals surface area contributed by atoms with Crippen molar-refractivity contribution in [3.8, 4) is 0 Å². The van der Waals surface area contributed by atoms with Crippen molar-refractivity contribution in [2.24, 2.45) is 0 Å². The van der Waals surface area contributed by atoms with Crippen LogP contribution in [0, 0.1) is 0 Å². The van der Waals surface area contributed by atoms with Crippen LogP contribution in [0.15, 0.2) is 6.20 Å². The molecule has 0 aromatic carbocycles. The Balaban J connectivity index is 3.20. The molecule has 1 aromatic rings. The zero-order valence-electron chi connectivity index (χ0n) is 11.1. The van der Waals surface area contributed by atoms with Gasteiger partial charge in [0.15, 0.2) is 9.84 Å². The van der Waals surface area contributed by atoms with E-state index < -0.39 is 15.1 Å². The smallest absolute Gasteiger partial charge is 0.151 e. The van der Waals surface area contributed by atoms with Gasteiger partial charge in [0.2, 0.25) is 0 Å². The number of aromatic nitrogens is 2. The van der Waals surface area contributed by atoms with Gasteiger partial charge in [0.25, 0.3) is 0 Å². The molecule has 1 heterocycles. The summed E-state index contributed by atoms with van der Waals surface area (Å²) < 4.78 is 25.2. The molecule has 104 valence electrons. The monoisotopic (exact) mass is 293 g/mol. The molecule has 0 spiro atoms. The van der Waals surface area contributed by atoms with E-state index in [-0.39, 0.29) is 6.04 Å². The zero-order chi connectivity index (χ0) is 13.9. The van der Waals surface area contributed by atoms with E-state index in [1.165, 1.54) is 6.26 Å². The van der Waals surface area contributed by atoms with Gasteiger partial charge in [-0.2, -0.15) is 5.10 Å². The first-order chi connectivity index (χ1) is 8.32. The number of hydrogen-bond acceptors (Lipinski definition) is 4. The predicted molar refractivity (Wildman–Crippen MR) is 73.6 cm³/mol. The molecule has 0 radical (unpaired) electrons. The molecule has 0 bridgehead atoms. The minimum absolute atomic E-state index is 0.360. The minimum atomic E-state index is -3.15.